The molecule has 1 N–H and O–H groups in total. The van der Waals surface area contributed by atoms with E-state index >= 15 is 0 Å². The molecular formula is C16H24O2. The second-order valence-electron chi connectivity index (χ2n) is 5.74. The predicted octanol–water partition coefficient (Wildman–Crippen LogP) is 4.10. The van der Waals surface area contributed by atoms with Gasteiger partial charge in [-0.05, 0) is 42.7 Å². The molecule has 0 saturated carbocycles. The van der Waals surface area contributed by atoms with Gasteiger partial charge in [0.15, 0.2) is 0 Å². The van der Waals surface area contributed by atoms with Gasteiger partial charge in [0.05, 0.1) is 5.92 Å². The van der Waals surface area contributed by atoms with Crippen molar-refractivity contribution < 1.29 is 9.90 Å². The number of rotatable bonds is 6. The zero-order chi connectivity index (χ0) is 13.7. The molecule has 0 amide bonds. The van der Waals surface area contributed by atoms with Crippen LogP contribution < -0.4 is 0 Å². The largest absolute Gasteiger partial charge is 0.481 e. The topological polar surface area (TPSA) is 37.3 Å². The molecule has 0 aromatic heterocycles. The maximum Gasteiger partial charge on any atom is 0.310 e. The molecule has 0 radical (unpaired) electrons. The molecule has 0 aliphatic rings. The Hall–Kier alpha value is -1.31. The van der Waals surface area contributed by atoms with E-state index in [0.717, 1.165) is 17.9 Å². The minimum atomic E-state index is -0.768. The van der Waals surface area contributed by atoms with Gasteiger partial charge in [0.1, 0.15) is 0 Å². The van der Waals surface area contributed by atoms with E-state index in [-0.39, 0.29) is 0 Å². The average molecular weight is 248 g/mol. The first-order valence-corrected chi connectivity index (χ1v) is 6.71. The molecule has 1 rings (SSSR count). The van der Waals surface area contributed by atoms with Crippen molar-refractivity contribution >= 4 is 5.97 Å². The summed E-state index contributed by atoms with van der Waals surface area (Å²) in [7, 11) is 0. The summed E-state index contributed by atoms with van der Waals surface area (Å²) >= 11 is 0. The van der Waals surface area contributed by atoms with Crippen molar-refractivity contribution in [2.45, 2.75) is 46.5 Å². The molecule has 18 heavy (non-hydrogen) atoms. The maximum absolute atomic E-state index is 10.9. The minimum absolute atomic E-state index is 0.424. The normalized spacial score (nSPS) is 14.5. The van der Waals surface area contributed by atoms with Crippen molar-refractivity contribution in [1.82, 2.24) is 0 Å². The fourth-order valence-corrected chi connectivity index (χ4v) is 2.38. The Kier molecular flexibility index (Phi) is 5.39. The van der Waals surface area contributed by atoms with Gasteiger partial charge in [0.25, 0.3) is 0 Å². The highest BCUT2D eigenvalue weighted by molar-refractivity contribution is 5.75. The first-order valence-electron chi connectivity index (χ1n) is 6.71. The Labute approximate surface area is 110 Å². The summed E-state index contributed by atoms with van der Waals surface area (Å²) in [6.07, 6.45) is 2.30. The lowest BCUT2D eigenvalue weighted by Crippen LogP contribution is -2.08. The van der Waals surface area contributed by atoms with E-state index in [0.29, 0.717) is 5.92 Å². The lowest BCUT2D eigenvalue weighted by Gasteiger charge is -2.14. The van der Waals surface area contributed by atoms with Crippen LogP contribution in [-0.2, 0) is 11.2 Å². The average Bonchev–Trinajstić information content (AvgIpc) is 2.27. The molecule has 2 unspecified atom stereocenters. The lowest BCUT2D eigenvalue weighted by molar-refractivity contribution is -0.138. The molecule has 1 aromatic carbocycles. The monoisotopic (exact) mass is 248 g/mol. The predicted molar refractivity (Wildman–Crippen MR) is 74.8 cm³/mol. The quantitative estimate of drug-likeness (QED) is 0.823. The molecule has 0 aliphatic carbocycles. The number of hydrogen-bond acceptors (Lipinski definition) is 1. The smallest absolute Gasteiger partial charge is 0.310 e. The zero-order valence-electron chi connectivity index (χ0n) is 11.8. The molecule has 0 saturated heterocycles. The van der Waals surface area contributed by atoms with Gasteiger partial charge in [-0.3, -0.25) is 4.79 Å². The maximum atomic E-state index is 10.9. The van der Waals surface area contributed by atoms with Crippen LogP contribution in [0.5, 0.6) is 0 Å². The Balaban J connectivity index is 2.63. The standard InChI is InChI=1S/C16H24O2/c1-11(2)9-12(3)10-14-5-7-15(8-6-14)13(4)16(17)18/h5-8,11-13H,9-10H2,1-4H3,(H,17,18). The highest BCUT2D eigenvalue weighted by atomic mass is 16.4. The summed E-state index contributed by atoms with van der Waals surface area (Å²) in [6, 6.07) is 8.00. The van der Waals surface area contributed by atoms with E-state index in [4.69, 9.17) is 5.11 Å². The molecule has 0 aliphatic heterocycles. The summed E-state index contributed by atoms with van der Waals surface area (Å²) < 4.78 is 0. The van der Waals surface area contributed by atoms with Crippen molar-refractivity contribution in [3.8, 4) is 0 Å². The third-order valence-corrected chi connectivity index (χ3v) is 3.31. The second-order valence-corrected chi connectivity index (χ2v) is 5.74. The van der Waals surface area contributed by atoms with Crippen LogP contribution in [-0.4, -0.2) is 11.1 Å². The van der Waals surface area contributed by atoms with Crippen molar-refractivity contribution in [3.63, 3.8) is 0 Å². The third kappa shape index (κ3) is 4.52. The molecule has 2 nitrogen and oxygen atoms in total. The summed E-state index contributed by atoms with van der Waals surface area (Å²) in [5.41, 5.74) is 2.17. The van der Waals surface area contributed by atoms with Crippen LogP contribution in [0.25, 0.3) is 0 Å². The van der Waals surface area contributed by atoms with Gasteiger partial charge < -0.3 is 5.11 Å². The highest BCUT2D eigenvalue weighted by Gasteiger charge is 2.13. The summed E-state index contributed by atoms with van der Waals surface area (Å²) in [6.45, 7) is 8.48. The van der Waals surface area contributed by atoms with Crippen LogP contribution in [0.15, 0.2) is 24.3 Å². The Bertz CT molecular complexity index is 379. The first-order chi connectivity index (χ1) is 8.40. The van der Waals surface area contributed by atoms with E-state index in [9.17, 15) is 4.79 Å². The lowest BCUT2D eigenvalue weighted by atomic mass is 9.91. The Morgan fingerprint density at radius 2 is 1.67 bits per heavy atom. The number of carboxylic acids is 1. The summed E-state index contributed by atoms with van der Waals surface area (Å²) in [4.78, 5) is 10.9. The van der Waals surface area contributed by atoms with Gasteiger partial charge in [0, 0.05) is 0 Å². The molecule has 100 valence electrons. The number of benzene rings is 1. The molecule has 0 fully saturated rings. The van der Waals surface area contributed by atoms with E-state index in [1.54, 1.807) is 6.92 Å². The van der Waals surface area contributed by atoms with Gasteiger partial charge in [0.2, 0.25) is 0 Å². The number of aliphatic carboxylic acids is 1. The van der Waals surface area contributed by atoms with Gasteiger partial charge >= 0.3 is 5.97 Å². The van der Waals surface area contributed by atoms with Gasteiger partial charge in [-0.15, -0.1) is 0 Å². The number of carboxylic acid groups (broad SMARTS) is 1. The van der Waals surface area contributed by atoms with Gasteiger partial charge in [-0.25, -0.2) is 0 Å². The van der Waals surface area contributed by atoms with Crippen molar-refractivity contribution in [1.29, 1.82) is 0 Å². The second kappa shape index (κ2) is 6.58. The molecule has 2 atom stereocenters. The molecule has 0 bridgehead atoms. The van der Waals surface area contributed by atoms with Crippen LogP contribution >= 0.6 is 0 Å². The van der Waals surface area contributed by atoms with Gasteiger partial charge in [-0.2, -0.15) is 0 Å². The van der Waals surface area contributed by atoms with Crippen molar-refractivity contribution in [3.05, 3.63) is 35.4 Å². The van der Waals surface area contributed by atoms with Crippen molar-refractivity contribution in [2.75, 3.05) is 0 Å². The molecule has 2 heteroatoms. The first kappa shape index (κ1) is 14.7. The number of carbonyl (C=O) groups is 1. The van der Waals surface area contributed by atoms with E-state index in [2.05, 4.69) is 32.9 Å². The van der Waals surface area contributed by atoms with Crippen LogP contribution in [0.3, 0.4) is 0 Å². The minimum Gasteiger partial charge on any atom is -0.481 e. The molecule has 1 aromatic rings. The van der Waals surface area contributed by atoms with Crippen LogP contribution in [0.4, 0.5) is 0 Å². The Morgan fingerprint density at radius 1 is 1.11 bits per heavy atom. The SMILES string of the molecule is CC(C)CC(C)Cc1ccc(C(C)C(=O)O)cc1. The Morgan fingerprint density at radius 3 is 2.11 bits per heavy atom. The van der Waals surface area contributed by atoms with Crippen molar-refractivity contribution in [2.24, 2.45) is 11.8 Å². The number of hydrogen-bond donors (Lipinski definition) is 1. The fraction of sp³-hybridized carbons (Fsp3) is 0.562. The van der Waals surface area contributed by atoms with Crippen LogP contribution in [0.1, 0.15) is 51.2 Å². The fourth-order valence-electron chi connectivity index (χ4n) is 2.38. The zero-order valence-corrected chi connectivity index (χ0v) is 11.8. The molecular weight excluding hydrogens is 224 g/mol. The highest BCUT2D eigenvalue weighted by Crippen LogP contribution is 2.20. The van der Waals surface area contributed by atoms with E-state index in [1.807, 2.05) is 12.1 Å². The van der Waals surface area contributed by atoms with E-state index in [1.165, 1.54) is 12.0 Å². The molecule has 0 spiro atoms. The summed E-state index contributed by atoms with van der Waals surface area (Å²) in [5.74, 6) is 0.210. The van der Waals surface area contributed by atoms with Crippen LogP contribution in [0.2, 0.25) is 0 Å². The van der Waals surface area contributed by atoms with Gasteiger partial charge in [-0.1, -0.05) is 45.0 Å². The third-order valence-electron chi connectivity index (χ3n) is 3.31. The summed E-state index contributed by atoms with van der Waals surface area (Å²) in [5, 5.41) is 8.95. The van der Waals surface area contributed by atoms with Crippen LogP contribution in [0, 0.1) is 11.8 Å². The van der Waals surface area contributed by atoms with E-state index < -0.39 is 11.9 Å². The molecule has 0 heterocycles.